The van der Waals surface area contributed by atoms with Crippen LogP contribution in [0.2, 0.25) is 0 Å². The monoisotopic (exact) mass is 306 g/mol. The highest BCUT2D eigenvalue weighted by Gasteiger charge is 2.09. The van der Waals surface area contributed by atoms with Gasteiger partial charge in [-0.1, -0.05) is 6.07 Å². The number of hydrogen-bond acceptors (Lipinski definition) is 4. The maximum Gasteiger partial charge on any atom is 0.266 e. The Morgan fingerprint density at radius 2 is 1.78 bits per heavy atom. The Morgan fingerprint density at radius 1 is 1.13 bits per heavy atom. The summed E-state index contributed by atoms with van der Waals surface area (Å²) in [7, 11) is 0. The Kier molecular flexibility index (Phi) is 5.21. The van der Waals surface area contributed by atoms with Crippen molar-refractivity contribution in [1.82, 2.24) is 4.98 Å². The first kappa shape index (κ1) is 15.9. The molecular formula is C17H14N4O2. The van der Waals surface area contributed by atoms with Gasteiger partial charge in [-0.2, -0.15) is 5.26 Å². The summed E-state index contributed by atoms with van der Waals surface area (Å²) < 4.78 is 0. The number of carbonyl (C=O) groups excluding carboxylic acids is 2. The molecule has 0 aliphatic heterocycles. The number of benzene rings is 1. The van der Waals surface area contributed by atoms with E-state index in [-0.39, 0.29) is 11.5 Å². The molecule has 0 atom stereocenters. The zero-order chi connectivity index (χ0) is 16.7. The normalized spacial score (nSPS) is 10.5. The highest BCUT2D eigenvalue weighted by atomic mass is 16.2. The first-order chi connectivity index (χ1) is 11.1. The predicted octanol–water partition coefficient (Wildman–Crippen LogP) is 2.59. The summed E-state index contributed by atoms with van der Waals surface area (Å²) in [6.07, 6.45) is 4.64. The molecule has 0 radical (unpaired) electrons. The number of nitrogens with one attached hydrogen (secondary N) is 2. The van der Waals surface area contributed by atoms with Crippen molar-refractivity contribution in [2.75, 3.05) is 10.6 Å². The van der Waals surface area contributed by atoms with Crippen LogP contribution in [0.5, 0.6) is 0 Å². The summed E-state index contributed by atoms with van der Waals surface area (Å²) in [5, 5.41) is 14.4. The van der Waals surface area contributed by atoms with Crippen LogP contribution in [0.25, 0.3) is 6.08 Å². The van der Waals surface area contributed by atoms with E-state index in [2.05, 4.69) is 15.6 Å². The van der Waals surface area contributed by atoms with Gasteiger partial charge >= 0.3 is 0 Å². The van der Waals surface area contributed by atoms with E-state index < -0.39 is 5.91 Å². The Labute approximate surface area is 133 Å². The molecule has 2 aromatic rings. The lowest BCUT2D eigenvalue weighted by molar-refractivity contribution is -0.114. The molecule has 0 fully saturated rings. The fraction of sp³-hybridized carbons (Fsp3) is 0.0588. The molecule has 2 rings (SSSR count). The van der Waals surface area contributed by atoms with E-state index in [0.717, 1.165) is 0 Å². The smallest absolute Gasteiger partial charge is 0.266 e. The van der Waals surface area contributed by atoms with Crippen LogP contribution < -0.4 is 10.6 Å². The van der Waals surface area contributed by atoms with Gasteiger partial charge in [-0.15, -0.1) is 0 Å². The number of aromatic nitrogens is 1. The molecule has 1 aromatic carbocycles. The zero-order valence-electron chi connectivity index (χ0n) is 12.4. The number of rotatable bonds is 4. The molecule has 6 nitrogen and oxygen atoms in total. The molecule has 0 aliphatic rings. The van der Waals surface area contributed by atoms with E-state index in [0.29, 0.717) is 16.9 Å². The van der Waals surface area contributed by atoms with Crippen LogP contribution in [0.3, 0.4) is 0 Å². The van der Waals surface area contributed by atoms with Gasteiger partial charge in [0.25, 0.3) is 5.91 Å². The van der Waals surface area contributed by atoms with Gasteiger partial charge in [0, 0.05) is 30.7 Å². The Bertz CT molecular complexity index is 774. The van der Waals surface area contributed by atoms with Crippen molar-refractivity contribution in [3.05, 3.63) is 59.9 Å². The molecule has 0 spiro atoms. The molecule has 23 heavy (non-hydrogen) atoms. The van der Waals surface area contributed by atoms with Gasteiger partial charge in [-0.25, -0.2) is 0 Å². The lowest BCUT2D eigenvalue weighted by Crippen LogP contribution is -2.13. The highest BCUT2D eigenvalue weighted by Crippen LogP contribution is 2.15. The summed E-state index contributed by atoms with van der Waals surface area (Å²) in [4.78, 5) is 27.0. The maximum atomic E-state index is 12.1. The van der Waals surface area contributed by atoms with Crippen LogP contribution >= 0.6 is 0 Å². The van der Waals surface area contributed by atoms with Crippen LogP contribution in [0, 0.1) is 11.3 Å². The van der Waals surface area contributed by atoms with Gasteiger partial charge in [0.2, 0.25) is 5.91 Å². The van der Waals surface area contributed by atoms with E-state index in [1.165, 1.54) is 13.0 Å². The summed E-state index contributed by atoms with van der Waals surface area (Å²) >= 11 is 0. The van der Waals surface area contributed by atoms with E-state index >= 15 is 0 Å². The number of pyridine rings is 1. The average Bonchev–Trinajstić information content (AvgIpc) is 2.55. The molecular weight excluding hydrogens is 292 g/mol. The zero-order valence-corrected chi connectivity index (χ0v) is 12.4. The van der Waals surface area contributed by atoms with Gasteiger partial charge in [0.1, 0.15) is 11.6 Å². The van der Waals surface area contributed by atoms with Crippen LogP contribution in [0.4, 0.5) is 11.4 Å². The molecule has 1 aromatic heterocycles. The molecule has 2 amide bonds. The van der Waals surface area contributed by atoms with E-state index in [1.807, 2.05) is 6.07 Å². The molecule has 0 aliphatic carbocycles. The van der Waals surface area contributed by atoms with Crippen LogP contribution in [0.1, 0.15) is 12.5 Å². The van der Waals surface area contributed by atoms with Crippen LogP contribution in [0.15, 0.2) is 54.4 Å². The number of amides is 2. The second kappa shape index (κ2) is 7.52. The molecule has 0 bridgehead atoms. The van der Waals surface area contributed by atoms with Gasteiger partial charge in [0.05, 0.1) is 0 Å². The van der Waals surface area contributed by atoms with Crippen molar-refractivity contribution in [3.63, 3.8) is 0 Å². The third-order valence-electron chi connectivity index (χ3n) is 2.82. The number of nitrogens with zero attached hydrogens (tertiary/aromatic N) is 2. The first-order valence-electron chi connectivity index (χ1n) is 6.79. The van der Waals surface area contributed by atoms with Crippen molar-refractivity contribution >= 4 is 29.3 Å². The summed E-state index contributed by atoms with van der Waals surface area (Å²) in [5.74, 6) is -0.684. The predicted molar refractivity (Wildman–Crippen MR) is 87.2 cm³/mol. The third-order valence-corrected chi connectivity index (χ3v) is 2.82. The highest BCUT2D eigenvalue weighted by molar-refractivity contribution is 6.09. The average molecular weight is 306 g/mol. The van der Waals surface area contributed by atoms with Crippen molar-refractivity contribution in [3.8, 4) is 6.07 Å². The van der Waals surface area contributed by atoms with Crippen LogP contribution in [-0.4, -0.2) is 16.8 Å². The van der Waals surface area contributed by atoms with Gasteiger partial charge in [-0.05, 0) is 42.0 Å². The Morgan fingerprint density at radius 3 is 2.30 bits per heavy atom. The fourth-order valence-corrected chi connectivity index (χ4v) is 1.82. The van der Waals surface area contributed by atoms with Crippen LogP contribution in [-0.2, 0) is 9.59 Å². The van der Waals surface area contributed by atoms with Crippen molar-refractivity contribution in [1.29, 1.82) is 5.26 Å². The SMILES string of the molecule is CC(=O)Nc1ccc(NC(=O)/C(C#N)=C/c2cccnc2)cc1. The maximum absolute atomic E-state index is 12.1. The minimum Gasteiger partial charge on any atom is -0.326 e. The standard InChI is InChI=1S/C17H14N4O2/c1-12(22)20-15-4-6-16(7-5-15)21-17(23)14(10-18)9-13-3-2-8-19-11-13/h2-9,11H,1H3,(H,20,22)(H,21,23)/b14-9+. The van der Waals surface area contributed by atoms with Crippen molar-refractivity contribution in [2.45, 2.75) is 6.92 Å². The molecule has 0 unspecified atom stereocenters. The number of carbonyl (C=O) groups is 2. The largest absolute Gasteiger partial charge is 0.326 e. The minimum atomic E-state index is -0.511. The second-order valence-electron chi connectivity index (χ2n) is 4.67. The fourth-order valence-electron chi connectivity index (χ4n) is 1.82. The first-order valence-corrected chi connectivity index (χ1v) is 6.79. The van der Waals surface area contributed by atoms with Crippen molar-refractivity contribution < 1.29 is 9.59 Å². The molecule has 1 heterocycles. The molecule has 0 saturated heterocycles. The third kappa shape index (κ3) is 4.79. The number of hydrogen-bond donors (Lipinski definition) is 2. The number of anilines is 2. The molecule has 2 N–H and O–H groups in total. The van der Waals surface area contributed by atoms with Gasteiger partial charge in [-0.3, -0.25) is 14.6 Å². The van der Waals surface area contributed by atoms with Gasteiger partial charge in [0.15, 0.2) is 0 Å². The number of nitriles is 1. The van der Waals surface area contributed by atoms with Gasteiger partial charge < -0.3 is 10.6 Å². The molecule has 0 saturated carbocycles. The second-order valence-corrected chi connectivity index (χ2v) is 4.67. The summed E-state index contributed by atoms with van der Waals surface area (Å²) in [5.41, 5.74) is 1.79. The van der Waals surface area contributed by atoms with Crippen molar-refractivity contribution in [2.24, 2.45) is 0 Å². The lowest BCUT2D eigenvalue weighted by atomic mass is 10.1. The Balaban J connectivity index is 2.09. The lowest BCUT2D eigenvalue weighted by Gasteiger charge is -2.06. The Hall–Kier alpha value is -3.46. The summed E-state index contributed by atoms with van der Waals surface area (Å²) in [6.45, 7) is 1.41. The molecule has 6 heteroatoms. The quantitative estimate of drug-likeness (QED) is 0.670. The topological polar surface area (TPSA) is 94.9 Å². The van der Waals surface area contributed by atoms with E-state index in [9.17, 15) is 9.59 Å². The molecule has 114 valence electrons. The van der Waals surface area contributed by atoms with E-state index in [4.69, 9.17) is 5.26 Å². The summed E-state index contributed by atoms with van der Waals surface area (Å²) in [6, 6.07) is 11.9. The van der Waals surface area contributed by atoms with E-state index in [1.54, 1.807) is 48.8 Å². The minimum absolute atomic E-state index is 0.0241.